The number of likely N-dealkylation sites (tertiary alicyclic amines) is 1. The van der Waals surface area contributed by atoms with Crippen LogP contribution >= 0.6 is 0 Å². The summed E-state index contributed by atoms with van der Waals surface area (Å²) >= 11 is 0. The molecule has 2 aromatic heterocycles. The zero-order valence-electron chi connectivity index (χ0n) is 20.3. The van der Waals surface area contributed by atoms with E-state index in [1.54, 1.807) is 31.2 Å². The number of carbonyl (C=O) groups excluding carboxylic acids is 2. The van der Waals surface area contributed by atoms with Crippen LogP contribution < -0.4 is 0 Å². The summed E-state index contributed by atoms with van der Waals surface area (Å²) in [4.78, 5) is 34.2. The van der Waals surface area contributed by atoms with Crippen LogP contribution in [0.25, 0.3) is 5.82 Å². The van der Waals surface area contributed by atoms with E-state index in [0.29, 0.717) is 43.0 Å². The van der Waals surface area contributed by atoms with Crippen molar-refractivity contribution in [1.82, 2.24) is 35.0 Å². The van der Waals surface area contributed by atoms with E-state index in [2.05, 4.69) is 25.4 Å². The quantitative estimate of drug-likeness (QED) is 0.561. The Bertz CT molecular complexity index is 1180. The Morgan fingerprint density at radius 2 is 2.03 bits per heavy atom. The minimum Gasteiger partial charge on any atom is -0.456 e. The van der Waals surface area contributed by atoms with Crippen molar-refractivity contribution >= 4 is 11.9 Å². The number of ether oxygens (including phenoxy) is 2. The third kappa shape index (κ3) is 3.54. The molecule has 0 radical (unpaired) electrons. The molecule has 0 saturated carbocycles. The second kappa shape index (κ2) is 8.71. The Morgan fingerprint density at radius 3 is 2.61 bits per heavy atom. The summed E-state index contributed by atoms with van der Waals surface area (Å²) in [5.41, 5.74) is 1.25. The molecule has 3 fully saturated rings. The molecule has 6 heterocycles. The number of esters is 1. The number of aliphatic hydroxyl groups is 1. The number of aromatic nitrogens is 5. The Kier molecular flexibility index (Phi) is 5.61. The first-order chi connectivity index (χ1) is 17.4. The molecule has 0 aromatic carbocycles. The zero-order chi connectivity index (χ0) is 25.0. The first-order valence-electron chi connectivity index (χ1n) is 12.3. The number of nitrogens with zero attached hydrogens (tertiary/aromatic N) is 7. The Balaban J connectivity index is 1.18. The molecule has 12 heteroatoms. The molecule has 2 bridgehead atoms. The molecule has 3 saturated heterocycles. The van der Waals surface area contributed by atoms with Gasteiger partial charge in [-0.05, 0) is 49.1 Å². The van der Waals surface area contributed by atoms with E-state index in [0.717, 1.165) is 18.4 Å². The van der Waals surface area contributed by atoms with Crippen LogP contribution in [0.1, 0.15) is 44.3 Å². The molecular formula is C24H29N7O5. The lowest BCUT2D eigenvalue weighted by Crippen LogP contribution is -2.54. The lowest BCUT2D eigenvalue weighted by atomic mass is 9.71. The number of amides is 1. The van der Waals surface area contributed by atoms with Gasteiger partial charge >= 0.3 is 5.97 Å². The van der Waals surface area contributed by atoms with Crippen molar-refractivity contribution in [3.8, 4) is 5.82 Å². The molecule has 1 amide bonds. The second-order valence-corrected chi connectivity index (χ2v) is 10.2. The number of cyclic esters (lactones) is 1. The van der Waals surface area contributed by atoms with Crippen molar-refractivity contribution in [3.05, 3.63) is 41.5 Å². The molecule has 2 unspecified atom stereocenters. The Labute approximate surface area is 207 Å². The molecule has 6 rings (SSSR count). The van der Waals surface area contributed by atoms with Gasteiger partial charge in [-0.1, -0.05) is 6.07 Å². The van der Waals surface area contributed by atoms with E-state index in [-0.39, 0.29) is 36.7 Å². The number of tetrazole rings is 1. The molecule has 4 aliphatic rings. The molecule has 36 heavy (non-hydrogen) atoms. The van der Waals surface area contributed by atoms with Gasteiger partial charge in [0.2, 0.25) is 5.91 Å². The lowest BCUT2D eigenvalue weighted by Gasteiger charge is -2.46. The van der Waals surface area contributed by atoms with Gasteiger partial charge in [0, 0.05) is 37.5 Å². The lowest BCUT2D eigenvalue weighted by molar-refractivity contribution is -0.144. The molecule has 4 atom stereocenters. The molecule has 4 aliphatic heterocycles. The van der Waals surface area contributed by atoms with Crippen LogP contribution in [-0.2, 0) is 19.1 Å². The number of aliphatic hydroxyl groups excluding tert-OH is 1. The molecule has 0 aliphatic carbocycles. The van der Waals surface area contributed by atoms with E-state index in [9.17, 15) is 14.7 Å². The largest absolute Gasteiger partial charge is 0.456 e. The van der Waals surface area contributed by atoms with E-state index in [1.165, 1.54) is 11.0 Å². The predicted octanol–water partition coefficient (Wildman–Crippen LogP) is 0.392. The fourth-order valence-corrected chi connectivity index (χ4v) is 6.53. The highest BCUT2D eigenvalue weighted by Gasteiger charge is 2.61. The van der Waals surface area contributed by atoms with Gasteiger partial charge in [-0.2, -0.15) is 4.68 Å². The van der Waals surface area contributed by atoms with Gasteiger partial charge in [0.15, 0.2) is 5.82 Å². The molecule has 1 spiro atoms. The number of pyridine rings is 1. The van der Waals surface area contributed by atoms with E-state index in [1.807, 2.05) is 6.07 Å². The summed E-state index contributed by atoms with van der Waals surface area (Å²) in [6.07, 6.45) is 5.44. The van der Waals surface area contributed by atoms with Crippen LogP contribution in [0.2, 0.25) is 0 Å². The number of hydrogen-bond donors (Lipinski definition) is 1. The fraction of sp³-hybridized carbons (Fsp3) is 0.583. The van der Waals surface area contributed by atoms with Crippen molar-refractivity contribution in [2.75, 3.05) is 26.8 Å². The normalized spacial score (nSPS) is 31.1. The van der Waals surface area contributed by atoms with E-state index < -0.39 is 11.5 Å². The van der Waals surface area contributed by atoms with Gasteiger partial charge in [-0.25, -0.2) is 9.78 Å². The van der Waals surface area contributed by atoms with E-state index in [4.69, 9.17) is 9.47 Å². The maximum Gasteiger partial charge on any atom is 0.336 e. The number of fused-ring (bicyclic) bond motifs is 2. The van der Waals surface area contributed by atoms with Crippen LogP contribution in [0.4, 0.5) is 0 Å². The highest BCUT2D eigenvalue weighted by atomic mass is 16.5. The van der Waals surface area contributed by atoms with Gasteiger partial charge in [-0.15, -0.1) is 5.10 Å². The van der Waals surface area contributed by atoms with Gasteiger partial charge in [-0.3, -0.25) is 9.69 Å². The van der Waals surface area contributed by atoms with E-state index >= 15 is 0 Å². The number of piperidine rings is 1. The van der Waals surface area contributed by atoms with Gasteiger partial charge < -0.3 is 19.5 Å². The highest BCUT2D eigenvalue weighted by Crippen LogP contribution is 2.53. The van der Waals surface area contributed by atoms with Gasteiger partial charge in [0.05, 0.1) is 35.4 Å². The molecule has 1 N–H and O–H groups in total. The first-order valence-corrected chi connectivity index (χ1v) is 12.3. The van der Waals surface area contributed by atoms with Crippen molar-refractivity contribution < 1.29 is 24.2 Å². The average molecular weight is 496 g/mol. The monoisotopic (exact) mass is 495 g/mol. The highest BCUT2D eigenvalue weighted by molar-refractivity contribution is 5.94. The van der Waals surface area contributed by atoms with Crippen molar-refractivity contribution in [2.24, 2.45) is 5.41 Å². The standard InChI is InChI=1S/C24H29N7O5/c1-14-18(12-36-22(14)33)30-11-20(35-2)24(23(30)34)7-16-4-5-17(8-24)29(16)10-19(32)15-3-6-21(25-9-15)31-13-26-27-28-31/h3,6,9,13,16-17,19-20,32H,4-5,7-8,10-12H2,1-2H3/t16-,17-,19?,20?/m1/s1. The van der Waals surface area contributed by atoms with Crippen LogP contribution in [0.3, 0.4) is 0 Å². The zero-order valence-corrected chi connectivity index (χ0v) is 20.3. The van der Waals surface area contributed by atoms with Crippen LogP contribution in [0.15, 0.2) is 35.9 Å². The van der Waals surface area contributed by atoms with Gasteiger partial charge in [0.1, 0.15) is 12.9 Å². The fourth-order valence-electron chi connectivity index (χ4n) is 6.53. The second-order valence-electron chi connectivity index (χ2n) is 10.2. The summed E-state index contributed by atoms with van der Waals surface area (Å²) in [5, 5.41) is 22.1. The first kappa shape index (κ1) is 23.2. The smallest absolute Gasteiger partial charge is 0.336 e. The van der Waals surface area contributed by atoms with Crippen LogP contribution in [0.5, 0.6) is 0 Å². The maximum absolute atomic E-state index is 13.8. The summed E-state index contributed by atoms with van der Waals surface area (Å²) in [6, 6.07) is 3.95. The molecule has 12 nitrogen and oxygen atoms in total. The van der Waals surface area contributed by atoms with Crippen molar-refractivity contribution in [2.45, 2.75) is 56.9 Å². The average Bonchev–Trinajstić information content (AvgIpc) is 3.64. The van der Waals surface area contributed by atoms with Crippen molar-refractivity contribution in [1.29, 1.82) is 0 Å². The number of methoxy groups -OCH3 is 1. The summed E-state index contributed by atoms with van der Waals surface area (Å²) in [7, 11) is 1.66. The minimum atomic E-state index is -0.707. The van der Waals surface area contributed by atoms with Crippen LogP contribution in [0, 0.1) is 5.41 Å². The molecule has 2 aromatic rings. The maximum atomic E-state index is 13.8. The summed E-state index contributed by atoms with van der Waals surface area (Å²) in [6.45, 7) is 2.75. The van der Waals surface area contributed by atoms with Gasteiger partial charge in [0.25, 0.3) is 0 Å². The SMILES string of the molecule is COC1CN(C2=C(C)C(=O)OC2)C(=O)C12C[C@H]1CC[C@H](C2)N1CC(O)c1ccc(-n2cnnn2)nc1. The molecule has 190 valence electrons. The summed E-state index contributed by atoms with van der Waals surface area (Å²) in [5.74, 6) is 0.240. The van der Waals surface area contributed by atoms with Crippen LogP contribution in [-0.4, -0.2) is 97.0 Å². The predicted molar refractivity (Wildman–Crippen MR) is 123 cm³/mol. The Morgan fingerprint density at radius 1 is 1.25 bits per heavy atom. The third-order valence-corrected chi connectivity index (χ3v) is 8.42. The number of hydrogen-bond acceptors (Lipinski definition) is 10. The number of carbonyl (C=O) groups is 2. The molecular weight excluding hydrogens is 466 g/mol. The number of rotatable bonds is 6. The third-order valence-electron chi connectivity index (χ3n) is 8.42. The summed E-state index contributed by atoms with van der Waals surface area (Å²) < 4.78 is 12.5. The topological polar surface area (TPSA) is 136 Å². The van der Waals surface area contributed by atoms with Crippen molar-refractivity contribution in [3.63, 3.8) is 0 Å². The minimum absolute atomic E-state index is 0.0292. The Hall–Kier alpha value is -3.22.